The van der Waals surface area contributed by atoms with Crippen LogP contribution in [0.15, 0.2) is 12.1 Å². The Morgan fingerprint density at radius 2 is 2.06 bits per heavy atom. The van der Waals surface area contributed by atoms with Gasteiger partial charge in [0.2, 0.25) is 0 Å². The van der Waals surface area contributed by atoms with Gasteiger partial charge in [-0.25, -0.2) is 0 Å². The molecule has 0 saturated heterocycles. The summed E-state index contributed by atoms with van der Waals surface area (Å²) in [6.07, 6.45) is 0. The van der Waals surface area contributed by atoms with Gasteiger partial charge in [-0.2, -0.15) is 0 Å². The van der Waals surface area contributed by atoms with Crippen molar-refractivity contribution in [2.45, 2.75) is 20.4 Å². The van der Waals surface area contributed by atoms with Gasteiger partial charge in [0.25, 0.3) is 0 Å². The molecule has 1 aromatic carbocycles. The standard InChI is InChI=1S/C13H17ClN2O/c1-8-9(2)16(5-4-15)12-7-11(14)13(17-3)6-10(8)12/h6-7H,4-5,15H2,1-3H3. The van der Waals surface area contributed by atoms with Crippen molar-refractivity contribution in [3.8, 4) is 5.75 Å². The maximum absolute atomic E-state index is 6.17. The smallest absolute Gasteiger partial charge is 0.138 e. The minimum absolute atomic E-state index is 0.619. The fourth-order valence-corrected chi connectivity index (χ4v) is 2.45. The number of aryl methyl sites for hydroxylation is 1. The lowest BCUT2D eigenvalue weighted by Crippen LogP contribution is -2.10. The molecular weight excluding hydrogens is 236 g/mol. The van der Waals surface area contributed by atoms with Gasteiger partial charge in [-0.3, -0.25) is 0 Å². The van der Waals surface area contributed by atoms with Crippen molar-refractivity contribution in [3.63, 3.8) is 0 Å². The SMILES string of the molecule is COc1cc2c(C)c(C)n(CCN)c2cc1Cl. The van der Waals surface area contributed by atoms with E-state index in [1.807, 2.05) is 12.1 Å². The van der Waals surface area contributed by atoms with E-state index in [2.05, 4.69) is 18.4 Å². The van der Waals surface area contributed by atoms with Gasteiger partial charge in [-0.1, -0.05) is 11.6 Å². The molecular formula is C13H17ClN2O. The Labute approximate surface area is 106 Å². The van der Waals surface area contributed by atoms with Crippen LogP contribution in [0.25, 0.3) is 10.9 Å². The Hall–Kier alpha value is -1.19. The van der Waals surface area contributed by atoms with E-state index >= 15 is 0 Å². The molecule has 92 valence electrons. The first-order chi connectivity index (χ1) is 8.10. The van der Waals surface area contributed by atoms with Crippen molar-refractivity contribution in [1.29, 1.82) is 0 Å². The van der Waals surface area contributed by atoms with Crippen molar-refractivity contribution in [1.82, 2.24) is 4.57 Å². The molecule has 1 heterocycles. The molecule has 0 fully saturated rings. The molecule has 0 atom stereocenters. The van der Waals surface area contributed by atoms with Gasteiger partial charge in [0, 0.05) is 24.2 Å². The molecule has 0 amide bonds. The monoisotopic (exact) mass is 252 g/mol. The lowest BCUT2D eigenvalue weighted by Gasteiger charge is -2.07. The van der Waals surface area contributed by atoms with E-state index in [0.29, 0.717) is 17.3 Å². The van der Waals surface area contributed by atoms with Gasteiger partial charge in [-0.15, -0.1) is 0 Å². The van der Waals surface area contributed by atoms with E-state index in [4.69, 9.17) is 22.1 Å². The highest BCUT2D eigenvalue weighted by Gasteiger charge is 2.13. The zero-order valence-electron chi connectivity index (χ0n) is 10.4. The third kappa shape index (κ3) is 1.90. The molecule has 2 N–H and O–H groups in total. The second kappa shape index (κ2) is 4.59. The van der Waals surface area contributed by atoms with Gasteiger partial charge in [-0.05, 0) is 31.5 Å². The molecule has 2 aromatic rings. The Morgan fingerprint density at radius 3 is 2.65 bits per heavy atom. The van der Waals surface area contributed by atoms with E-state index in [9.17, 15) is 0 Å². The van der Waals surface area contributed by atoms with Crippen LogP contribution in [0.2, 0.25) is 5.02 Å². The summed E-state index contributed by atoms with van der Waals surface area (Å²) < 4.78 is 7.46. The van der Waals surface area contributed by atoms with Crippen molar-refractivity contribution < 1.29 is 4.74 Å². The largest absolute Gasteiger partial charge is 0.495 e. The summed E-state index contributed by atoms with van der Waals surface area (Å²) in [6.45, 7) is 5.63. The molecule has 0 aliphatic rings. The lowest BCUT2D eigenvalue weighted by molar-refractivity contribution is 0.415. The first-order valence-electron chi connectivity index (χ1n) is 5.63. The first kappa shape index (κ1) is 12.3. The quantitative estimate of drug-likeness (QED) is 0.913. The minimum Gasteiger partial charge on any atom is -0.495 e. The highest BCUT2D eigenvalue weighted by molar-refractivity contribution is 6.32. The minimum atomic E-state index is 0.619. The molecule has 0 unspecified atom stereocenters. The van der Waals surface area contributed by atoms with Gasteiger partial charge in [0.15, 0.2) is 0 Å². The van der Waals surface area contributed by atoms with Crippen LogP contribution < -0.4 is 10.5 Å². The summed E-state index contributed by atoms with van der Waals surface area (Å²) in [5, 5.41) is 1.81. The normalized spacial score (nSPS) is 11.1. The molecule has 0 spiro atoms. The third-order valence-corrected chi connectivity index (χ3v) is 3.56. The average Bonchev–Trinajstić information content (AvgIpc) is 2.54. The van der Waals surface area contributed by atoms with Crippen molar-refractivity contribution in [3.05, 3.63) is 28.4 Å². The summed E-state index contributed by atoms with van der Waals surface area (Å²) in [6, 6.07) is 3.94. The van der Waals surface area contributed by atoms with Crippen LogP contribution in [0.5, 0.6) is 5.75 Å². The topological polar surface area (TPSA) is 40.2 Å². The van der Waals surface area contributed by atoms with Gasteiger partial charge < -0.3 is 15.0 Å². The molecule has 3 nitrogen and oxygen atoms in total. The zero-order valence-corrected chi connectivity index (χ0v) is 11.1. The highest BCUT2D eigenvalue weighted by Crippen LogP contribution is 2.34. The Bertz CT molecular complexity index is 560. The molecule has 0 aliphatic carbocycles. The number of aromatic nitrogens is 1. The van der Waals surface area contributed by atoms with Gasteiger partial charge >= 0.3 is 0 Å². The van der Waals surface area contributed by atoms with E-state index in [1.54, 1.807) is 7.11 Å². The summed E-state index contributed by atoms with van der Waals surface area (Å²) >= 11 is 6.17. The number of nitrogens with two attached hydrogens (primary N) is 1. The van der Waals surface area contributed by atoms with Crippen molar-refractivity contribution >= 4 is 22.5 Å². The number of halogens is 1. The van der Waals surface area contributed by atoms with Crippen LogP contribution in [0, 0.1) is 13.8 Å². The maximum Gasteiger partial charge on any atom is 0.138 e. The van der Waals surface area contributed by atoms with Crippen LogP contribution in [-0.2, 0) is 6.54 Å². The summed E-state index contributed by atoms with van der Waals surface area (Å²) in [5.41, 5.74) is 9.25. The Balaban J connectivity index is 2.76. The fourth-order valence-electron chi connectivity index (χ4n) is 2.22. The second-order valence-electron chi connectivity index (χ2n) is 4.15. The van der Waals surface area contributed by atoms with E-state index < -0.39 is 0 Å². The van der Waals surface area contributed by atoms with Crippen molar-refractivity contribution in [2.24, 2.45) is 5.73 Å². The van der Waals surface area contributed by atoms with E-state index in [1.165, 1.54) is 16.6 Å². The highest BCUT2D eigenvalue weighted by atomic mass is 35.5. The number of methoxy groups -OCH3 is 1. The number of fused-ring (bicyclic) bond motifs is 1. The van der Waals surface area contributed by atoms with Gasteiger partial charge in [0.05, 0.1) is 17.6 Å². The summed E-state index contributed by atoms with van der Waals surface area (Å²) in [5.74, 6) is 0.715. The molecule has 0 bridgehead atoms. The van der Waals surface area contributed by atoms with E-state index in [-0.39, 0.29) is 0 Å². The molecule has 1 aromatic heterocycles. The number of ether oxygens (including phenoxy) is 1. The predicted molar refractivity (Wildman–Crippen MR) is 72.0 cm³/mol. The molecule has 0 saturated carbocycles. The summed E-state index contributed by atoms with van der Waals surface area (Å²) in [7, 11) is 1.63. The van der Waals surface area contributed by atoms with Crippen LogP contribution in [0.4, 0.5) is 0 Å². The number of hydrogen-bond acceptors (Lipinski definition) is 2. The Kier molecular flexibility index (Phi) is 3.31. The number of hydrogen-bond donors (Lipinski definition) is 1. The second-order valence-corrected chi connectivity index (χ2v) is 4.56. The maximum atomic E-state index is 6.17. The molecule has 0 aliphatic heterocycles. The molecule has 4 heteroatoms. The fraction of sp³-hybridized carbons (Fsp3) is 0.385. The first-order valence-corrected chi connectivity index (χ1v) is 6.01. The molecule has 17 heavy (non-hydrogen) atoms. The Morgan fingerprint density at radius 1 is 1.35 bits per heavy atom. The van der Waals surface area contributed by atoms with Crippen LogP contribution in [0.3, 0.4) is 0 Å². The predicted octanol–water partition coefficient (Wildman–Crippen LogP) is 2.88. The van der Waals surface area contributed by atoms with Crippen molar-refractivity contribution in [2.75, 3.05) is 13.7 Å². The zero-order chi connectivity index (χ0) is 12.6. The van der Waals surface area contributed by atoms with Crippen LogP contribution in [0.1, 0.15) is 11.3 Å². The lowest BCUT2D eigenvalue weighted by atomic mass is 10.1. The number of nitrogens with zero attached hydrogens (tertiary/aromatic N) is 1. The number of benzene rings is 1. The van der Waals surface area contributed by atoms with Gasteiger partial charge in [0.1, 0.15) is 5.75 Å². The average molecular weight is 253 g/mol. The third-order valence-electron chi connectivity index (χ3n) is 3.27. The molecule has 2 rings (SSSR count). The van der Waals surface area contributed by atoms with Crippen LogP contribution in [-0.4, -0.2) is 18.2 Å². The van der Waals surface area contributed by atoms with E-state index in [0.717, 1.165) is 12.1 Å². The van der Waals surface area contributed by atoms with Crippen LogP contribution >= 0.6 is 11.6 Å². The summed E-state index contributed by atoms with van der Waals surface area (Å²) in [4.78, 5) is 0. The molecule has 0 radical (unpaired) electrons. The number of rotatable bonds is 3.